The number of carbonyl (C=O) groups is 4. The summed E-state index contributed by atoms with van der Waals surface area (Å²) in [4.78, 5) is 57.1. The lowest BCUT2D eigenvalue weighted by atomic mass is 9.56. The predicted molar refractivity (Wildman–Crippen MR) is 208 cm³/mol. The molecule has 56 heavy (non-hydrogen) atoms. The number of aryl methyl sites for hydroxylation is 2. The zero-order valence-corrected chi connectivity index (χ0v) is 33.8. The van der Waals surface area contributed by atoms with Crippen LogP contribution in [-0.2, 0) is 14.4 Å². The minimum Gasteiger partial charge on any atom is -0.394 e. The van der Waals surface area contributed by atoms with E-state index >= 15 is 0 Å². The van der Waals surface area contributed by atoms with Crippen molar-refractivity contribution in [2.45, 2.75) is 86.2 Å². The Kier molecular flexibility index (Phi) is 18.6. The van der Waals surface area contributed by atoms with Gasteiger partial charge < -0.3 is 66.6 Å². The molecular weight excluding hydrogens is 730 g/mol. The van der Waals surface area contributed by atoms with Crippen molar-refractivity contribution in [2.75, 3.05) is 64.2 Å². The monoisotopic (exact) mass is 793 g/mol. The molecule has 1 aromatic carbocycles. The lowest BCUT2D eigenvalue weighted by molar-refractivity contribution is -0.131. The highest BCUT2D eigenvalue weighted by atomic mass is 16.3. The summed E-state index contributed by atoms with van der Waals surface area (Å²) >= 11 is 0. The lowest BCUT2D eigenvalue weighted by Crippen LogP contribution is -2.55. The minimum atomic E-state index is -1.34. The fourth-order valence-electron chi connectivity index (χ4n) is 8.15. The molecule has 11 N–H and O–H groups in total. The molecule has 6 atom stereocenters. The van der Waals surface area contributed by atoms with Gasteiger partial charge in [0.2, 0.25) is 12.3 Å². The Morgan fingerprint density at radius 2 is 1.30 bits per heavy atom. The van der Waals surface area contributed by atoms with E-state index in [1.54, 1.807) is 40.7 Å². The number of nitrogens with zero attached hydrogens (tertiary/aromatic N) is 2. The van der Waals surface area contributed by atoms with E-state index in [2.05, 4.69) is 16.0 Å². The van der Waals surface area contributed by atoms with Gasteiger partial charge in [0, 0.05) is 54.1 Å². The van der Waals surface area contributed by atoms with Crippen LogP contribution in [0.2, 0.25) is 0 Å². The number of nitrogens with one attached hydrogen (secondary N) is 3. The third kappa shape index (κ3) is 10.7. The standard InChI is InChI=1S/C39H63N5O12/c1-9-39(21(2)3)33(38(56)42-13-29(52)18-47)24(6)32(37(55)41-12-28(51)17-46)26(8)35(39)44(20-49)15-30(53)14-43(19-48)34-23(5)10-22(4)31(25(34)7)36(54)40-11-27(50)16-45/h10,20-21,27-30,33,45-48,50-53H,9,11-19H2,1-8H3,(H,40,54)(H,41,55)(H,42,56). The van der Waals surface area contributed by atoms with E-state index in [-0.39, 0.29) is 61.9 Å². The number of amides is 4. The van der Waals surface area contributed by atoms with E-state index in [4.69, 9.17) is 0 Å². The molecule has 0 heterocycles. The maximum atomic E-state index is 14.2. The van der Waals surface area contributed by atoms with E-state index in [1.807, 2.05) is 20.8 Å². The van der Waals surface area contributed by atoms with Crippen molar-refractivity contribution < 1.29 is 60.0 Å². The van der Waals surface area contributed by atoms with Crippen molar-refractivity contribution in [1.29, 1.82) is 0 Å². The molecule has 4 amide bonds. The summed E-state index contributed by atoms with van der Waals surface area (Å²) in [5.41, 5.74) is 2.36. The van der Waals surface area contributed by atoms with Crippen molar-refractivity contribution in [3.8, 4) is 0 Å². The van der Waals surface area contributed by atoms with Gasteiger partial charge in [-0.05, 0) is 74.8 Å². The number of hydrogen-bond donors (Lipinski definition) is 11. The van der Waals surface area contributed by atoms with Crippen LogP contribution >= 0.6 is 0 Å². The van der Waals surface area contributed by atoms with Crippen LogP contribution in [0.1, 0.15) is 68.1 Å². The second kappa shape index (κ2) is 21.5. The molecule has 1 aliphatic rings. The van der Waals surface area contributed by atoms with Gasteiger partial charge in [-0.25, -0.2) is 0 Å². The summed E-state index contributed by atoms with van der Waals surface area (Å²) < 4.78 is 0. The molecule has 1 aromatic rings. The molecule has 316 valence electrons. The summed E-state index contributed by atoms with van der Waals surface area (Å²) in [5.74, 6) is -3.22. The van der Waals surface area contributed by atoms with Gasteiger partial charge in [-0.15, -0.1) is 0 Å². The molecule has 2 rings (SSSR count). The first kappa shape index (κ1) is 48.2. The van der Waals surface area contributed by atoms with E-state index in [0.717, 1.165) is 0 Å². The Morgan fingerprint density at radius 1 is 0.786 bits per heavy atom. The van der Waals surface area contributed by atoms with E-state index in [0.29, 0.717) is 39.9 Å². The first-order chi connectivity index (χ1) is 26.3. The summed E-state index contributed by atoms with van der Waals surface area (Å²) in [7, 11) is 0. The van der Waals surface area contributed by atoms with E-state index < -0.39 is 80.0 Å². The highest BCUT2D eigenvalue weighted by Crippen LogP contribution is 2.55. The second-order valence-electron chi connectivity index (χ2n) is 14.8. The van der Waals surface area contributed by atoms with Gasteiger partial charge in [0.15, 0.2) is 0 Å². The van der Waals surface area contributed by atoms with Crippen LogP contribution in [0.3, 0.4) is 0 Å². The number of anilines is 1. The molecule has 1 aliphatic carbocycles. The number of hydrogen-bond acceptors (Lipinski definition) is 13. The summed E-state index contributed by atoms with van der Waals surface area (Å²) in [6.07, 6.45) is -4.26. The predicted octanol–water partition coefficient (Wildman–Crippen LogP) is -1.52. The van der Waals surface area contributed by atoms with Gasteiger partial charge in [0.1, 0.15) is 6.73 Å². The zero-order valence-electron chi connectivity index (χ0n) is 33.8. The molecule has 0 bridgehead atoms. The molecule has 0 saturated carbocycles. The van der Waals surface area contributed by atoms with Crippen molar-refractivity contribution in [1.82, 2.24) is 20.9 Å². The zero-order chi connectivity index (χ0) is 42.7. The topological polar surface area (TPSA) is 273 Å². The van der Waals surface area contributed by atoms with Crippen LogP contribution in [-0.4, -0.2) is 154 Å². The van der Waals surface area contributed by atoms with Crippen LogP contribution < -0.4 is 20.9 Å². The minimum absolute atomic E-state index is 0.0549. The molecule has 0 radical (unpaired) electrons. The Hall–Kier alpha value is -3.94. The van der Waals surface area contributed by atoms with Crippen LogP contribution in [0, 0.1) is 38.0 Å². The van der Waals surface area contributed by atoms with Gasteiger partial charge in [-0.3, -0.25) is 19.2 Å². The molecular formula is C39H63N5O12. The largest absolute Gasteiger partial charge is 0.394 e. The van der Waals surface area contributed by atoms with Crippen molar-refractivity contribution in [2.24, 2.45) is 17.3 Å². The fourth-order valence-corrected chi connectivity index (χ4v) is 8.15. The highest BCUT2D eigenvalue weighted by Gasteiger charge is 2.54. The fraction of sp³-hybridized carbons (Fsp3) is 0.641. The molecule has 6 unspecified atom stereocenters. The summed E-state index contributed by atoms with van der Waals surface area (Å²) in [6, 6.07) is 1.74. The van der Waals surface area contributed by atoms with E-state index in [9.17, 15) is 60.0 Å². The average molecular weight is 794 g/mol. The lowest BCUT2D eigenvalue weighted by Gasteiger charge is -2.51. The van der Waals surface area contributed by atoms with Gasteiger partial charge in [-0.1, -0.05) is 26.8 Å². The van der Waals surface area contributed by atoms with Gasteiger partial charge in [-0.2, -0.15) is 0 Å². The Labute approximate surface area is 328 Å². The Balaban J connectivity index is 2.71. The molecule has 0 fully saturated rings. The van der Waals surface area contributed by atoms with Crippen molar-refractivity contribution >= 4 is 29.8 Å². The quantitative estimate of drug-likeness (QED) is 0.0471. The molecule has 0 saturated heterocycles. The summed E-state index contributed by atoms with van der Waals surface area (Å²) in [5, 5.41) is 87.8. The molecule has 0 aliphatic heterocycles. The smallest absolute Gasteiger partial charge is 0.251 e. The number of carbonyl (C=O) groups excluding carboxylic acids is 4. The maximum absolute atomic E-state index is 14.2. The van der Waals surface area contributed by atoms with Crippen LogP contribution in [0.25, 0.3) is 0 Å². The average Bonchev–Trinajstić information content (AvgIpc) is 3.15. The van der Waals surface area contributed by atoms with Crippen LogP contribution in [0.4, 0.5) is 5.69 Å². The van der Waals surface area contributed by atoms with Crippen molar-refractivity contribution in [3.05, 3.63) is 50.7 Å². The van der Waals surface area contributed by atoms with Gasteiger partial charge >= 0.3 is 0 Å². The van der Waals surface area contributed by atoms with Crippen molar-refractivity contribution in [3.63, 3.8) is 0 Å². The summed E-state index contributed by atoms with van der Waals surface area (Å²) in [6.45, 7) is 10.3. The number of aliphatic hydroxyl groups is 8. The van der Waals surface area contributed by atoms with Crippen LogP contribution in [0.15, 0.2) is 28.5 Å². The number of allylic oxidation sites excluding steroid dienone is 1. The van der Waals surface area contributed by atoms with Crippen LogP contribution in [0.5, 0.6) is 0 Å². The number of rotatable bonds is 22. The highest BCUT2D eigenvalue weighted by molar-refractivity contribution is 6.01. The SMILES string of the molecule is CCC1(C(C)C)C(N(C=O)CC(O)CN(CO)c2c(C)cc(C)c(C(=O)NCC(O)CO)c2C)=C(C)C(C(=O)NCC(O)CO)=C(C)C1C(=O)NCC(O)CO. The Bertz CT molecular complexity index is 1610. The van der Waals surface area contributed by atoms with Gasteiger partial charge in [0.05, 0.1) is 56.7 Å². The normalized spacial score (nSPS) is 19.3. The molecule has 17 heteroatoms. The maximum Gasteiger partial charge on any atom is 0.251 e. The number of aliphatic hydroxyl groups excluding tert-OH is 8. The molecule has 0 spiro atoms. The molecule has 0 aromatic heterocycles. The van der Waals surface area contributed by atoms with E-state index in [1.165, 1.54) is 9.80 Å². The van der Waals surface area contributed by atoms with Gasteiger partial charge in [0.25, 0.3) is 11.8 Å². The molecule has 17 nitrogen and oxygen atoms in total. The third-order valence-corrected chi connectivity index (χ3v) is 10.7. The first-order valence-electron chi connectivity index (χ1n) is 18.8. The number of benzene rings is 1. The third-order valence-electron chi connectivity index (χ3n) is 10.7. The second-order valence-corrected chi connectivity index (χ2v) is 14.8. The first-order valence-corrected chi connectivity index (χ1v) is 18.8. The Morgan fingerprint density at radius 3 is 1.77 bits per heavy atom.